The molecule has 0 atom stereocenters. The number of hydrogen-bond acceptors (Lipinski definition) is 2. The van der Waals surface area contributed by atoms with Gasteiger partial charge in [-0.2, -0.15) is 0 Å². The summed E-state index contributed by atoms with van der Waals surface area (Å²) in [4.78, 5) is 14.5. The molecule has 4 nitrogen and oxygen atoms in total. The van der Waals surface area contributed by atoms with Crippen LogP contribution in [0.2, 0.25) is 0 Å². The Morgan fingerprint density at radius 1 is 1.47 bits per heavy atom. The summed E-state index contributed by atoms with van der Waals surface area (Å²) < 4.78 is 6.96. The largest absolute Gasteiger partial charge is 0.494 e. The summed E-state index contributed by atoms with van der Waals surface area (Å²) in [5, 5.41) is 0. The van der Waals surface area contributed by atoms with Crippen LogP contribution in [-0.2, 0) is 6.54 Å². The second-order valence-corrected chi connectivity index (χ2v) is 3.44. The summed E-state index contributed by atoms with van der Waals surface area (Å²) in [6.07, 6.45) is 0.922. The van der Waals surface area contributed by atoms with Gasteiger partial charge in [0.05, 0.1) is 12.6 Å². The van der Waals surface area contributed by atoms with E-state index >= 15 is 0 Å². The quantitative estimate of drug-likeness (QED) is 0.831. The van der Waals surface area contributed by atoms with Gasteiger partial charge in [0.15, 0.2) is 0 Å². The summed E-state index contributed by atoms with van der Waals surface area (Å²) in [5.74, 6) is 0.735. The first kappa shape index (κ1) is 9.83. The number of para-hydroxylation sites is 1. The molecule has 0 unspecified atom stereocenters. The lowest BCUT2D eigenvalue weighted by atomic mass is 10.3. The highest BCUT2D eigenvalue weighted by atomic mass is 16.5. The van der Waals surface area contributed by atoms with Crippen LogP contribution in [0.4, 0.5) is 0 Å². The van der Waals surface area contributed by atoms with Gasteiger partial charge in [-0.3, -0.25) is 4.57 Å². The zero-order chi connectivity index (χ0) is 10.8. The number of aromatic nitrogens is 2. The van der Waals surface area contributed by atoms with E-state index in [1.807, 2.05) is 25.1 Å². The Morgan fingerprint density at radius 2 is 2.27 bits per heavy atom. The summed E-state index contributed by atoms with van der Waals surface area (Å²) in [7, 11) is 1.61. The van der Waals surface area contributed by atoms with Gasteiger partial charge in [0.2, 0.25) is 0 Å². The van der Waals surface area contributed by atoms with Gasteiger partial charge in [-0.15, -0.1) is 0 Å². The summed E-state index contributed by atoms with van der Waals surface area (Å²) >= 11 is 0. The Bertz CT molecular complexity index is 525. The standard InChI is InChI=1S/C11H14N2O2/c1-3-7-13-10-8(12-11(13)14)5-4-6-9(10)15-2/h4-6H,3,7H2,1-2H3,(H,12,14). The van der Waals surface area contributed by atoms with Crippen molar-refractivity contribution in [3.05, 3.63) is 28.7 Å². The summed E-state index contributed by atoms with van der Waals surface area (Å²) in [6.45, 7) is 2.75. The Balaban J connectivity index is 2.76. The number of aryl methyl sites for hydroxylation is 1. The lowest BCUT2D eigenvalue weighted by Gasteiger charge is -2.05. The van der Waals surface area contributed by atoms with Gasteiger partial charge >= 0.3 is 5.69 Å². The molecule has 15 heavy (non-hydrogen) atoms. The number of aromatic amines is 1. The second kappa shape index (κ2) is 3.81. The van der Waals surface area contributed by atoms with E-state index in [1.54, 1.807) is 11.7 Å². The van der Waals surface area contributed by atoms with E-state index in [0.29, 0.717) is 6.54 Å². The van der Waals surface area contributed by atoms with E-state index in [4.69, 9.17) is 4.74 Å². The normalized spacial score (nSPS) is 10.8. The topological polar surface area (TPSA) is 47.0 Å². The zero-order valence-corrected chi connectivity index (χ0v) is 8.91. The SMILES string of the molecule is CCCn1c(=O)[nH]c2cccc(OC)c21. The molecule has 1 aromatic carbocycles. The minimum atomic E-state index is -0.0728. The maximum atomic E-state index is 11.6. The molecule has 0 bridgehead atoms. The van der Waals surface area contributed by atoms with Crippen LogP contribution >= 0.6 is 0 Å². The average Bonchev–Trinajstić information content (AvgIpc) is 2.56. The fourth-order valence-corrected chi connectivity index (χ4v) is 1.79. The van der Waals surface area contributed by atoms with E-state index in [0.717, 1.165) is 23.2 Å². The molecule has 1 N–H and O–H groups in total. The molecule has 1 aromatic heterocycles. The molecule has 0 aliphatic heterocycles. The van der Waals surface area contributed by atoms with Crippen LogP contribution in [0.1, 0.15) is 13.3 Å². The van der Waals surface area contributed by atoms with Crippen molar-refractivity contribution in [2.75, 3.05) is 7.11 Å². The monoisotopic (exact) mass is 206 g/mol. The molecule has 2 aromatic rings. The molecule has 0 aliphatic carbocycles. The van der Waals surface area contributed by atoms with Crippen LogP contribution in [0.15, 0.2) is 23.0 Å². The lowest BCUT2D eigenvalue weighted by molar-refractivity contribution is 0.417. The maximum Gasteiger partial charge on any atom is 0.326 e. The number of hydrogen-bond donors (Lipinski definition) is 1. The third-order valence-corrected chi connectivity index (χ3v) is 2.42. The van der Waals surface area contributed by atoms with Crippen LogP contribution in [0.3, 0.4) is 0 Å². The third-order valence-electron chi connectivity index (χ3n) is 2.42. The predicted molar refractivity (Wildman–Crippen MR) is 59.4 cm³/mol. The highest BCUT2D eigenvalue weighted by molar-refractivity contribution is 5.81. The van der Waals surface area contributed by atoms with Gasteiger partial charge in [0.25, 0.3) is 0 Å². The molecule has 80 valence electrons. The smallest absolute Gasteiger partial charge is 0.326 e. The molecule has 0 saturated carbocycles. The number of H-pyrrole nitrogens is 1. The number of rotatable bonds is 3. The lowest BCUT2D eigenvalue weighted by Crippen LogP contribution is -2.16. The maximum absolute atomic E-state index is 11.6. The molecular formula is C11H14N2O2. The number of fused-ring (bicyclic) bond motifs is 1. The molecule has 0 saturated heterocycles. The average molecular weight is 206 g/mol. The Labute approximate surface area is 87.5 Å². The predicted octanol–water partition coefficient (Wildman–Crippen LogP) is 1.75. The van der Waals surface area contributed by atoms with E-state index in [9.17, 15) is 4.79 Å². The van der Waals surface area contributed by atoms with Crippen LogP contribution < -0.4 is 10.4 Å². The van der Waals surface area contributed by atoms with Crippen molar-refractivity contribution in [3.63, 3.8) is 0 Å². The van der Waals surface area contributed by atoms with Crippen molar-refractivity contribution in [1.29, 1.82) is 0 Å². The minimum absolute atomic E-state index is 0.0728. The minimum Gasteiger partial charge on any atom is -0.494 e. The fraction of sp³-hybridized carbons (Fsp3) is 0.364. The molecule has 0 fully saturated rings. The van der Waals surface area contributed by atoms with Crippen molar-refractivity contribution in [2.45, 2.75) is 19.9 Å². The fourth-order valence-electron chi connectivity index (χ4n) is 1.79. The van der Waals surface area contributed by atoms with Gasteiger partial charge in [0.1, 0.15) is 11.3 Å². The summed E-state index contributed by atoms with van der Waals surface area (Å²) in [6, 6.07) is 5.61. The number of benzene rings is 1. The van der Waals surface area contributed by atoms with Gasteiger partial charge in [0, 0.05) is 6.54 Å². The Morgan fingerprint density at radius 3 is 2.93 bits per heavy atom. The molecule has 0 spiro atoms. The van der Waals surface area contributed by atoms with E-state index < -0.39 is 0 Å². The molecule has 1 heterocycles. The highest BCUT2D eigenvalue weighted by Gasteiger charge is 2.09. The van der Waals surface area contributed by atoms with Crippen molar-refractivity contribution in [2.24, 2.45) is 0 Å². The first-order valence-electron chi connectivity index (χ1n) is 5.03. The highest BCUT2D eigenvalue weighted by Crippen LogP contribution is 2.22. The number of methoxy groups -OCH3 is 1. The number of nitrogens with zero attached hydrogens (tertiary/aromatic N) is 1. The third kappa shape index (κ3) is 1.52. The van der Waals surface area contributed by atoms with Gasteiger partial charge in [-0.1, -0.05) is 13.0 Å². The Hall–Kier alpha value is -1.71. The number of ether oxygens (including phenoxy) is 1. The molecule has 2 rings (SSSR count). The van der Waals surface area contributed by atoms with E-state index in [1.165, 1.54) is 0 Å². The van der Waals surface area contributed by atoms with Crippen LogP contribution in [-0.4, -0.2) is 16.7 Å². The van der Waals surface area contributed by atoms with Crippen LogP contribution in [0, 0.1) is 0 Å². The molecule has 0 radical (unpaired) electrons. The van der Waals surface area contributed by atoms with Crippen molar-refractivity contribution in [3.8, 4) is 5.75 Å². The Kier molecular flexibility index (Phi) is 2.49. The zero-order valence-electron chi connectivity index (χ0n) is 8.91. The van der Waals surface area contributed by atoms with Crippen molar-refractivity contribution >= 4 is 11.0 Å². The van der Waals surface area contributed by atoms with Gasteiger partial charge in [-0.25, -0.2) is 4.79 Å². The van der Waals surface area contributed by atoms with E-state index in [2.05, 4.69) is 4.98 Å². The molecule has 0 amide bonds. The van der Waals surface area contributed by atoms with Gasteiger partial charge in [-0.05, 0) is 18.6 Å². The number of imidazole rings is 1. The van der Waals surface area contributed by atoms with Crippen LogP contribution in [0.5, 0.6) is 5.75 Å². The molecule has 4 heteroatoms. The molecular weight excluding hydrogens is 192 g/mol. The number of nitrogens with one attached hydrogen (secondary N) is 1. The van der Waals surface area contributed by atoms with Crippen LogP contribution in [0.25, 0.3) is 11.0 Å². The van der Waals surface area contributed by atoms with Gasteiger partial charge < -0.3 is 9.72 Å². The second-order valence-electron chi connectivity index (χ2n) is 3.44. The van der Waals surface area contributed by atoms with Crippen molar-refractivity contribution < 1.29 is 4.74 Å². The first-order chi connectivity index (χ1) is 7.27. The van der Waals surface area contributed by atoms with Crippen molar-refractivity contribution in [1.82, 2.24) is 9.55 Å². The summed E-state index contributed by atoms with van der Waals surface area (Å²) in [5.41, 5.74) is 1.61. The van der Waals surface area contributed by atoms with E-state index in [-0.39, 0.29) is 5.69 Å². The molecule has 0 aliphatic rings. The first-order valence-corrected chi connectivity index (χ1v) is 5.03.